The summed E-state index contributed by atoms with van der Waals surface area (Å²) in [6, 6.07) is 15.6. The molecule has 0 spiro atoms. The number of nitrogens with one attached hydrogen (secondary N) is 3. The lowest BCUT2D eigenvalue weighted by atomic mass is 9.94. The van der Waals surface area contributed by atoms with Crippen molar-refractivity contribution in [3.05, 3.63) is 74.8 Å². The number of rotatable bonds is 5. The standard InChI is InChI=1S/C25H21N5OS2/c1-2-12-30-22-9-4-3-6-17(22)13-19-15-20(10-11-23(19)30)27-24(31)18-7-5-8-21(14-18)29-33-16-26-28-25(33)32/h1,5,7-8,10-11,13-16,29H,3-4,6,9,12H2/p+2. The first-order valence-corrected chi connectivity index (χ1v) is 12.5. The number of fused-ring (bicyclic) bond motifs is 2. The number of benzene rings is 2. The Kier molecular flexibility index (Phi) is 5.90. The lowest BCUT2D eigenvalue weighted by Crippen LogP contribution is -2.41. The first kappa shape index (κ1) is 21.3. The highest BCUT2D eigenvalue weighted by molar-refractivity contribution is 7.74. The van der Waals surface area contributed by atoms with Crippen molar-refractivity contribution in [3.63, 3.8) is 0 Å². The second kappa shape index (κ2) is 9.14. The van der Waals surface area contributed by atoms with Gasteiger partial charge in [-0.3, -0.25) is 4.79 Å². The first-order valence-electron chi connectivity index (χ1n) is 10.8. The summed E-state index contributed by atoms with van der Waals surface area (Å²) in [7, 11) is -0.473. The van der Waals surface area contributed by atoms with Crippen LogP contribution in [0.15, 0.2) is 54.0 Å². The molecule has 2 aromatic carbocycles. The lowest BCUT2D eigenvalue weighted by molar-refractivity contribution is -0.667. The maximum atomic E-state index is 13.0. The number of terminal acetylenes is 1. The molecule has 5 rings (SSSR count). The van der Waals surface area contributed by atoms with Crippen LogP contribution in [0, 0.1) is 16.3 Å². The van der Waals surface area contributed by atoms with Crippen molar-refractivity contribution in [2.24, 2.45) is 0 Å². The van der Waals surface area contributed by atoms with E-state index < -0.39 is 10.7 Å². The van der Waals surface area contributed by atoms with E-state index in [9.17, 15) is 4.79 Å². The van der Waals surface area contributed by atoms with Crippen LogP contribution < -0.4 is 14.6 Å². The van der Waals surface area contributed by atoms with Crippen LogP contribution in [0.25, 0.3) is 10.9 Å². The Hall–Kier alpha value is -3.54. The highest BCUT2D eigenvalue weighted by atomic mass is 32.2. The van der Waals surface area contributed by atoms with Crippen molar-refractivity contribution in [2.75, 3.05) is 10.0 Å². The number of pyridine rings is 1. The monoisotopic (exact) mass is 473 g/mol. The van der Waals surface area contributed by atoms with Gasteiger partial charge in [0.05, 0.1) is 16.3 Å². The van der Waals surface area contributed by atoms with Crippen molar-refractivity contribution in [3.8, 4) is 12.3 Å². The predicted molar refractivity (Wildman–Crippen MR) is 135 cm³/mol. The van der Waals surface area contributed by atoms with Gasteiger partial charge in [0.1, 0.15) is 0 Å². The van der Waals surface area contributed by atoms with Crippen molar-refractivity contribution in [2.45, 2.75) is 32.2 Å². The van der Waals surface area contributed by atoms with Gasteiger partial charge < -0.3 is 5.32 Å². The van der Waals surface area contributed by atoms with Gasteiger partial charge in [0.15, 0.2) is 11.2 Å². The largest absolute Gasteiger partial charge is 0.395 e. The summed E-state index contributed by atoms with van der Waals surface area (Å²) >= 11 is 5.23. The van der Waals surface area contributed by atoms with Crippen LogP contribution in [0.4, 0.5) is 11.4 Å². The zero-order valence-corrected chi connectivity index (χ0v) is 19.6. The number of hydrogen-bond donors (Lipinski definition) is 3. The number of aromatic nitrogens is 3. The van der Waals surface area contributed by atoms with E-state index >= 15 is 0 Å². The predicted octanol–water partition coefficient (Wildman–Crippen LogP) is 4.97. The molecule has 1 atom stereocenters. The molecule has 0 saturated carbocycles. The number of H-pyrrole nitrogens is 1. The van der Waals surface area contributed by atoms with E-state index in [4.69, 9.17) is 18.6 Å². The van der Waals surface area contributed by atoms with E-state index in [1.165, 1.54) is 24.1 Å². The fourth-order valence-electron chi connectivity index (χ4n) is 4.33. The van der Waals surface area contributed by atoms with Gasteiger partial charge in [-0.05, 0) is 61.6 Å². The summed E-state index contributed by atoms with van der Waals surface area (Å²) in [5.41, 5.74) is 7.65. The molecular weight excluding hydrogens is 450 g/mol. The van der Waals surface area contributed by atoms with E-state index in [-0.39, 0.29) is 5.91 Å². The SMILES string of the molecule is C#CC[n+]1c2c(cc3cc(NC(=O)c4cccc(N[s+]5cn[nH]c5=S)c4)ccc31)CCCC2. The summed E-state index contributed by atoms with van der Waals surface area (Å²) in [5, 5.41) is 10.8. The second-order valence-corrected chi connectivity index (χ2v) is 10.2. The summed E-state index contributed by atoms with van der Waals surface area (Å²) < 4.78 is 6.17. The van der Waals surface area contributed by atoms with Gasteiger partial charge in [0.2, 0.25) is 12.1 Å². The number of hydrogen-bond acceptors (Lipinski definition) is 4. The highest BCUT2D eigenvalue weighted by Gasteiger charge is 2.23. The summed E-state index contributed by atoms with van der Waals surface area (Å²) in [5.74, 6) is 2.63. The van der Waals surface area contributed by atoms with Crippen LogP contribution in [-0.4, -0.2) is 16.1 Å². The molecule has 4 aromatic rings. The Bertz CT molecular complexity index is 1460. The molecule has 2 heterocycles. The maximum absolute atomic E-state index is 13.0. The zero-order chi connectivity index (χ0) is 22.8. The minimum atomic E-state index is -0.473. The van der Waals surface area contributed by atoms with Gasteiger partial charge in [0, 0.05) is 34.7 Å². The summed E-state index contributed by atoms with van der Waals surface area (Å²) in [6.45, 7) is 0.552. The third kappa shape index (κ3) is 4.38. The molecule has 164 valence electrons. The smallest absolute Gasteiger partial charge is 0.322 e. The van der Waals surface area contributed by atoms with E-state index in [1.54, 1.807) is 11.6 Å². The van der Waals surface area contributed by atoms with E-state index in [1.807, 2.05) is 36.4 Å². The molecule has 0 saturated heterocycles. The Morgan fingerprint density at radius 2 is 2.06 bits per heavy atom. The molecule has 33 heavy (non-hydrogen) atoms. The number of aryl methyl sites for hydroxylation is 1. The quantitative estimate of drug-likeness (QED) is 0.166. The Morgan fingerprint density at radius 3 is 2.88 bits per heavy atom. The minimum absolute atomic E-state index is 0.170. The molecule has 1 aliphatic rings. The fourth-order valence-corrected chi connectivity index (χ4v) is 5.57. The molecule has 0 fully saturated rings. The van der Waals surface area contributed by atoms with E-state index in [0.29, 0.717) is 16.1 Å². The molecule has 2 aromatic heterocycles. The number of aromatic amines is 1. The van der Waals surface area contributed by atoms with Gasteiger partial charge in [-0.15, -0.1) is 11.5 Å². The average molecular weight is 474 g/mol. The molecule has 8 heteroatoms. The summed E-state index contributed by atoms with van der Waals surface area (Å²) in [4.78, 5) is 13.0. The average Bonchev–Trinajstić information content (AvgIpc) is 3.23. The van der Waals surface area contributed by atoms with Crippen LogP contribution >= 0.6 is 22.9 Å². The maximum Gasteiger partial charge on any atom is 0.395 e. The number of anilines is 2. The molecule has 0 aliphatic heterocycles. The number of nitrogens with zero attached hydrogens (tertiary/aromatic N) is 2. The third-order valence-electron chi connectivity index (χ3n) is 5.83. The number of amides is 1. The zero-order valence-electron chi connectivity index (χ0n) is 17.9. The Labute approximate surface area is 199 Å². The lowest BCUT2D eigenvalue weighted by Gasteiger charge is -2.16. The Morgan fingerprint density at radius 1 is 1.18 bits per heavy atom. The van der Waals surface area contributed by atoms with Crippen LogP contribution in [0.1, 0.15) is 34.5 Å². The topological polar surface area (TPSA) is 73.7 Å². The van der Waals surface area contributed by atoms with Crippen LogP contribution in [0.3, 0.4) is 0 Å². The van der Waals surface area contributed by atoms with Crippen molar-refractivity contribution < 1.29 is 9.36 Å². The molecule has 6 nitrogen and oxygen atoms in total. The third-order valence-corrected chi connectivity index (χ3v) is 7.72. The van der Waals surface area contributed by atoms with Gasteiger partial charge >= 0.3 is 3.95 Å². The van der Waals surface area contributed by atoms with Gasteiger partial charge in [-0.25, -0.2) is 9.82 Å². The van der Waals surface area contributed by atoms with Crippen LogP contribution in [-0.2, 0) is 19.4 Å². The molecule has 0 bridgehead atoms. The number of carbonyl (C=O) groups is 1. The van der Waals surface area contributed by atoms with E-state index in [2.05, 4.69) is 36.8 Å². The molecule has 3 N–H and O–H groups in total. The fraction of sp³-hybridized carbons (Fsp3) is 0.200. The van der Waals surface area contributed by atoms with Crippen LogP contribution in [0.2, 0.25) is 0 Å². The van der Waals surface area contributed by atoms with Crippen LogP contribution in [0.5, 0.6) is 0 Å². The van der Waals surface area contributed by atoms with Crippen molar-refractivity contribution in [1.29, 1.82) is 0 Å². The normalized spacial score (nSPS) is 13.2. The minimum Gasteiger partial charge on any atom is -0.322 e. The molecule has 1 amide bonds. The Balaban J connectivity index is 1.42. The molecule has 1 aliphatic carbocycles. The highest BCUT2D eigenvalue weighted by Crippen LogP contribution is 2.26. The number of carbonyl (C=O) groups excluding carboxylic acids is 1. The first-order chi connectivity index (χ1) is 16.1. The van der Waals surface area contributed by atoms with Gasteiger partial charge in [-0.2, -0.15) is 4.57 Å². The molecule has 1 unspecified atom stereocenters. The van der Waals surface area contributed by atoms with Gasteiger partial charge in [-0.1, -0.05) is 6.07 Å². The van der Waals surface area contributed by atoms with Gasteiger partial charge in [0.25, 0.3) is 18.1 Å². The molecular formula is C25H23N5OS2+2. The van der Waals surface area contributed by atoms with E-state index in [0.717, 1.165) is 35.1 Å². The molecule has 0 radical (unpaired) electrons. The summed E-state index contributed by atoms with van der Waals surface area (Å²) in [6.07, 6.45) is 10.2. The second-order valence-electron chi connectivity index (χ2n) is 8.00. The van der Waals surface area contributed by atoms with Crippen molar-refractivity contribution >= 4 is 51.1 Å². The van der Waals surface area contributed by atoms with Crippen molar-refractivity contribution in [1.82, 2.24) is 10.2 Å².